The molecule has 0 fully saturated rings. The number of carbonyl (C=O) groups excluding carboxylic acids is 1. The second kappa shape index (κ2) is 8.18. The zero-order chi connectivity index (χ0) is 15.9. The largest absolute Gasteiger partial charge is 0.349 e. The first-order chi connectivity index (χ1) is 9.84. The Hall–Kier alpha value is -1.35. The van der Waals surface area contributed by atoms with E-state index in [4.69, 9.17) is 5.73 Å². The highest BCUT2D eigenvalue weighted by atomic mass is 16.1. The van der Waals surface area contributed by atoms with Crippen LogP contribution in [-0.4, -0.2) is 12.5 Å². The molecule has 0 aliphatic heterocycles. The maximum atomic E-state index is 12.2. The van der Waals surface area contributed by atoms with Crippen LogP contribution in [0.4, 0.5) is 0 Å². The minimum atomic E-state index is -0.0140. The van der Waals surface area contributed by atoms with Crippen molar-refractivity contribution in [3.63, 3.8) is 0 Å². The van der Waals surface area contributed by atoms with Crippen LogP contribution in [0.25, 0.3) is 0 Å². The first-order valence-electron chi connectivity index (χ1n) is 7.89. The topological polar surface area (TPSA) is 55.1 Å². The number of nitrogens with two attached hydrogens (primary N) is 1. The van der Waals surface area contributed by atoms with E-state index in [9.17, 15) is 4.79 Å². The maximum absolute atomic E-state index is 12.2. The van der Waals surface area contributed by atoms with Gasteiger partial charge in [0.1, 0.15) is 0 Å². The number of nitrogens with one attached hydrogen (secondary N) is 1. The zero-order valence-electron chi connectivity index (χ0n) is 13.9. The van der Waals surface area contributed by atoms with Gasteiger partial charge in [0.25, 0.3) is 0 Å². The van der Waals surface area contributed by atoms with Crippen molar-refractivity contribution < 1.29 is 4.79 Å². The normalized spacial score (nSPS) is 14.5. The Morgan fingerprint density at radius 1 is 1.19 bits per heavy atom. The summed E-state index contributed by atoms with van der Waals surface area (Å²) in [6.07, 6.45) is 2.45. The molecule has 0 spiro atoms. The zero-order valence-corrected chi connectivity index (χ0v) is 13.9. The van der Waals surface area contributed by atoms with Crippen LogP contribution in [0.2, 0.25) is 0 Å². The van der Waals surface area contributed by atoms with E-state index in [-0.39, 0.29) is 17.4 Å². The average Bonchev–Trinajstić information content (AvgIpc) is 2.42. The van der Waals surface area contributed by atoms with Gasteiger partial charge in [-0.15, -0.1) is 0 Å². The van der Waals surface area contributed by atoms with Gasteiger partial charge >= 0.3 is 0 Å². The molecule has 0 aromatic heterocycles. The molecule has 1 amide bonds. The quantitative estimate of drug-likeness (QED) is 0.805. The molecule has 2 atom stereocenters. The Kier molecular flexibility index (Phi) is 6.90. The Labute approximate surface area is 129 Å². The summed E-state index contributed by atoms with van der Waals surface area (Å²) in [5.74, 6) is 0.633. The van der Waals surface area contributed by atoms with Gasteiger partial charge in [0.15, 0.2) is 0 Å². The summed E-state index contributed by atoms with van der Waals surface area (Å²) >= 11 is 0. The Bertz CT molecular complexity index is 423. The molecule has 1 rings (SSSR count). The van der Waals surface area contributed by atoms with E-state index in [0.29, 0.717) is 18.9 Å². The Morgan fingerprint density at radius 2 is 1.81 bits per heavy atom. The van der Waals surface area contributed by atoms with E-state index in [1.165, 1.54) is 0 Å². The molecule has 0 saturated carbocycles. The molecule has 1 aromatic carbocycles. The van der Waals surface area contributed by atoms with Crippen molar-refractivity contribution in [2.24, 2.45) is 17.1 Å². The summed E-state index contributed by atoms with van der Waals surface area (Å²) in [7, 11) is 0. The van der Waals surface area contributed by atoms with Crippen molar-refractivity contribution in [2.45, 2.75) is 53.0 Å². The summed E-state index contributed by atoms with van der Waals surface area (Å²) in [5, 5.41) is 3.20. The Morgan fingerprint density at radius 3 is 2.33 bits per heavy atom. The van der Waals surface area contributed by atoms with Gasteiger partial charge in [-0.2, -0.15) is 0 Å². The van der Waals surface area contributed by atoms with Crippen LogP contribution in [0.15, 0.2) is 30.3 Å². The molecule has 3 nitrogen and oxygen atoms in total. The molecule has 0 aliphatic carbocycles. The molecule has 0 saturated heterocycles. The number of hydrogen-bond donors (Lipinski definition) is 2. The minimum Gasteiger partial charge on any atom is -0.349 e. The van der Waals surface area contributed by atoms with Gasteiger partial charge in [0.05, 0.1) is 6.04 Å². The van der Waals surface area contributed by atoms with Crippen LogP contribution < -0.4 is 11.1 Å². The van der Waals surface area contributed by atoms with Gasteiger partial charge in [-0.05, 0) is 36.3 Å². The van der Waals surface area contributed by atoms with Crippen LogP contribution in [0.3, 0.4) is 0 Å². The summed E-state index contributed by atoms with van der Waals surface area (Å²) in [4.78, 5) is 12.2. The molecule has 21 heavy (non-hydrogen) atoms. The van der Waals surface area contributed by atoms with Crippen molar-refractivity contribution in [3.8, 4) is 0 Å². The van der Waals surface area contributed by atoms with Crippen LogP contribution >= 0.6 is 0 Å². The monoisotopic (exact) mass is 290 g/mol. The van der Waals surface area contributed by atoms with E-state index in [1.807, 2.05) is 18.2 Å². The highest BCUT2D eigenvalue weighted by Crippen LogP contribution is 2.32. The first-order valence-corrected chi connectivity index (χ1v) is 7.89. The number of carbonyl (C=O) groups is 1. The van der Waals surface area contributed by atoms with E-state index in [2.05, 4.69) is 45.1 Å². The molecule has 0 aliphatic rings. The first kappa shape index (κ1) is 17.7. The lowest BCUT2D eigenvalue weighted by Crippen LogP contribution is -2.36. The third kappa shape index (κ3) is 6.30. The molecule has 0 radical (unpaired) electrons. The maximum Gasteiger partial charge on any atom is 0.220 e. The lowest BCUT2D eigenvalue weighted by atomic mass is 9.82. The summed E-state index contributed by atoms with van der Waals surface area (Å²) in [5.41, 5.74) is 6.70. The minimum absolute atomic E-state index is 0.0140. The number of hydrogen-bond acceptors (Lipinski definition) is 2. The van der Waals surface area contributed by atoms with Crippen molar-refractivity contribution in [1.29, 1.82) is 0 Å². The standard InChI is InChI=1S/C18H30N2O/c1-14(12-13-19)10-11-16(21)20-17(18(2,3)4)15-8-6-5-7-9-15/h5-9,14,17H,10-13,19H2,1-4H3,(H,20,21). The van der Waals surface area contributed by atoms with E-state index >= 15 is 0 Å². The number of amides is 1. The molecule has 2 unspecified atom stereocenters. The lowest BCUT2D eigenvalue weighted by Gasteiger charge is -2.32. The van der Waals surface area contributed by atoms with E-state index in [0.717, 1.165) is 18.4 Å². The summed E-state index contributed by atoms with van der Waals surface area (Å²) < 4.78 is 0. The Balaban J connectivity index is 2.64. The van der Waals surface area contributed by atoms with Crippen molar-refractivity contribution in [1.82, 2.24) is 5.32 Å². The van der Waals surface area contributed by atoms with Crippen LogP contribution in [-0.2, 0) is 4.79 Å². The van der Waals surface area contributed by atoms with Crippen molar-refractivity contribution in [3.05, 3.63) is 35.9 Å². The van der Waals surface area contributed by atoms with Gasteiger partial charge in [-0.3, -0.25) is 4.79 Å². The summed E-state index contributed by atoms with van der Waals surface area (Å²) in [6, 6.07) is 10.2. The van der Waals surface area contributed by atoms with Crippen molar-refractivity contribution >= 4 is 5.91 Å². The molecule has 0 heterocycles. The predicted octanol–water partition coefficient (Wildman–Crippen LogP) is 3.66. The second-order valence-electron chi connectivity index (χ2n) is 7.00. The number of benzene rings is 1. The molecule has 3 heteroatoms. The average molecular weight is 290 g/mol. The van der Waals surface area contributed by atoms with Crippen LogP contribution in [0.1, 0.15) is 58.6 Å². The third-order valence-electron chi connectivity index (χ3n) is 3.83. The molecule has 1 aromatic rings. The third-order valence-corrected chi connectivity index (χ3v) is 3.83. The summed E-state index contributed by atoms with van der Waals surface area (Å²) in [6.45, 7) is 9.31. The van der Waals surface area contributed by atoms with Gasteiger partial charge in [0.2, 0.25) is 5.91 Å². The van der Waals surface area contributed by atoms with Gasteiger partial charge in [0, 0.05) is 6.42 Å². The van der Waals surface area contributed by atoms with Gasteiger partial charge in [-0.25, -0.2) is 0 Å². The van der Waals surface area contributed by atoms with E-state index < -0.39 is 0 Å². The smallest absolute Gasteiger partial charge is 0.220 e. The fourth-order valence-corrected chi connectivity index (χ4v) is 2.48. The molecule has 118 valence electrons. The molecule has 0 bridgehead atoms. The molecule has 3 N–H and O–H groups in total. The SMILES string of the molecule is CC(CCN)CCC(=O)NC(c1ccccc1)C(C)(C)C. The fraction of sp³-hybridized carbons (Fsp3) is 0.611. The van der Waals surface area contributed by atoms with Crippen molar-refractivity contribution in [2.75, 3.05) is 6.54 Å². The van der Waals surface area contributed by atoms with Crippen LogP contribution in [0.5, 0.6) is 0 Å². The highest BCUT2D eigenvalue weighted by molar-refractivity contribution is 5.76. The van der Waals surface area contributed by atoms with E-state index in [1.54, 1.807) is 0 Å². The number of rotatable bonds is 7. The van der Waals surface area contributed by atoms with Gasteiger partial charge < -0.3 is 11.1 Å². The molecular formula is C18H30N2O. The lowest BCUT2D eigenvalue weighted by molar-refractivity contribution is -0.122. The predicted molar refractivity (Wildman–Crippen MR) is 88.9 cm³/mol. The second-order valence-corrected chi connectivity index (χ2v) is 7.00. The fourth-order valence-electron chi connectivity index (χ4n) is 2.48. The van der Waals surface area contributed by atoms with Crippen LogP contribution in [0, 0.1) is 11.3 Å². The molecular weight excluding hydrogens is 260 g/mol. The van der Waals surface area contributed by atoms with Gasteiger partial charge in [-0.1, -0.05) is 58.0 Å². The highest BCUT2D eigenvalue weighted by Gasteiger charge is 2.27.